The smallest absolute Gasteiger partial charge is 0.121 e. The summed E-state index contributed by atoms with van der Waals surface area (Å²) in [6.07, 6.45) is 1.87. The molecule has 11 rings (SSSR count). The number of aromatic nitrogens is 3. The minimum absolute atomic E-state index is 0. The zero-order chi connectivity index (χ0) is 54.2. The molecule has 3 aromatic heterocycles. The van der Waals surface area contributed by atoms with Gasteiger partial charge in [0.2, 0.25) is 0 Å². The second-order valence-corrected chi connectivity index (χ2v) is 23.6. The number of para-hydroxylation sites is 1. The molecule has 377 valence electrons. The van der Waals surface area contributed by atoms with Crippen LogP contribution in [-0.4, -0.2) is 14.5 Å². The molecule has 0 saturated heterocycles. The van der Waals surface area contributed by atoms with Gasteiger partial charge in [-0.05, 0) is 143 Å². The van der Waals surface area contributed by atoms with E-state index in [9.17, 15) is 0 Å². The summed E-state index contributed by atoms with van der Waals surface area (Å²) in [5, 5.41) is 6.59. The summed E-state index contributed by atoms with van der Waals surface area (Å²) in [4.78, 5) is 9.72. The number of hydrogen-bond donors (Lipinski definition) is 0. The summed E-state index contributed by atoms with van der Waals surface area (Å²) in [5.41, 5.74) is 15.1. The first-order valence-electron chi connectivity index (χ1n) is 27.4. The van der Waals surface area contributed by atoms with Crippen molar-refractivity contribution in [1.29, 1.82) is 0 Å². The molecule has 5 heteroatoms. The maximum atomic E-state index is 8.79. The van der Waals surface area contributed by atoms with Gasteiger partial charge in [0.25, 0.3) is 0 Å². The van der Waals surface area contributed by atoms with Crippen LogP contribution in [-0.2, 0) is 36.4 Å². The van der Waals surface area contributed by atoms with Crippen LogP contribution in [0.15, 0.2) is 156 Å². The summed E-state index contributed by atoms with van der Waals surface area (Å²) < 4.78 is 35.4. The first kappa shape index (κ1) is 48.3. The maximum absolute atomic E-state index is 8.79. The number of hydrogen-bond acceptors (Lipinski definition) is 3. The van der Waals surface area contributed by atoms with Gasteiger partial charge in [-0.25, -0.2) is 0 Å². The largest absolute Gasteiger partial charge is 0.501 e. The molecule has 0 aliphatic rings. The van der Waals surface area contributed by atoms with E-state index in [0.29, 0.717) is 28.0 Å². The van der Waals surface area contributed by atoms with E-state index in [1.165, 1.54) is 33.0 Å². The van der Waals surface area contributed by atoms with E-state index in [2.05, 4.69) is 209 Å². The van der Waals surface area contributed by atoms with Crippen LogP contribution in [0, 0.1) is 19.0 Å². The molecule has 4 nitrogen and oxygen atoms in total. The molecule has 0 bridgehead atoms. The number of fused-ring (bicyclic) bond motifs is 7. The Bertz CT molecular complexity index is 3930. The van der Waals surface area contributed by atoms with Gasteiger partial charge in [0.1, 0.15) is 5.58 Å². The summed E-state index contributed by atoms with van der Waals surface area (Å²) >= 11 is 0. The van der Waals surface area contributed by atoms with Gasteiger partial charge < -0.3 is 14.0 Å². The second-order valence-electron chi connectivity index (χ2n) is 23.6. The van der Waals surface area contributed by atoms with Crippen molar-refractivity contribution in [3.8, 4) is 39.5 Å². The second kappa shape index (κ2) is 19.9. The minimum Gasteiger partial charge on any atom is -0.501 e. The standard InChI is InChI=1S/C54H53N2O.C15H16N.Ir/c1-31(2)43-27-37(36-24-38(53(6,7)8)29-39(25-36)54(9,10)11)28-44(32(3)4)50(43)56-49-33(5)16-14-21-47(49)55-52(56)42-20-15-19-41-46-26-35-23-22-34-17-12-13-18-40(34)45(35)30-48(46)57-51(41)42;1-15(2,3)13-9-10-16-14(11-13)12-7-5-4-6-8-12;/h12-19,21-32H,1-11H3;4-7,9-11H,1-3H3;/q2*-1;/i5D3;;. The number of nitrogens with zero attached hydrogens (tertiary/aromatic N) is 3. The van der Waals surface area contributed by atoms with Crippen molar-refractivity contribution < 1.29 is 28.6 Å². The van der Waals surface area contributed by atoms with Crippen LogP contribution in [0.1, 0.15) is 139 Å². The molecule has 0 spiro atoms. The quantitative estimate of drug-likeness (QED) is 0.123. The molecule has 0 N–H and O–H groups in total. The van der Waals surface area contributed by atoms with E-state index < -0.39 is 6.85 Å². The summed E-state index contributed by atoms with van der Waals surface area (Å²) in [5.74, 6) is 0.773. The molecule has 74 heavy (non-hydrogen) atoms. The van der Waals surface area contributed by atoms with Gasteiger partial charge in [0.05, 0.1) is 22.4 Å². The average molecular weight is 1150 g/mol. The first-order valence-corrected chi connectivity index (χ1v) is 25.9. The Morgan fingerprint density at radius 1 is 0.568 bits per heavy atom. The number of benzene rings is 8. The Morgan fingerprint density at radius 3 is 1.88 bits per heavy atom. The molecule has 0 amide bonds. The molecule has 0 aliphatic heterocycles. The number of imidazole rings is 1. The van der Waals surface area contributed by atoms with Crippen LogP contribution < -0.4 is 0 Å². The first-order chi connectivity index (χ1) is 35.9. The van der Waals surface area contributed by atoms with Crippen LogP contribution in [0.5, 0.6) is 0 Å². The van der Waals surface area contributed by atoms with Gasteiger partial charge in [0, 0.05) is 41.5 Å². The van der Waals surface area contributed by atoms with E-state index in [1.807, 2.05) is 42.6 Å². The molecular formula is C69H69IrN3O-2. The molecule has 0 aliphatic carbocycles. The van der Waals surface area contributed by atoms with Crippen molar-refractivity contribution >= 4 is 54.5 Å². The van der Waals surface area contributed by atoms with Crippen LogP contribution in [0.3, 0.4) is 0 Å². The van der Waals surface area contributed by atoms with E-state index in [4.69, 9.17) is 13.5 Å². The van der Waals surface area contributed by atoms with Gasteiger partial charge in [0.15, 0.2) is 0 Å². The van der Waals surface area contributed by atoms with Gasteiger partial charge in [-0.15, -0.1) is 54.1 Å². The third-order valence-corrected chi connectivity index (χ3v) is 14.4. The Kier molecular flexibility index (Phi) is 13.0. The Balaban J connectivity index is 0.000000364. The number of rotatable bonds is 6. The normalized spacial score (nSPS) is 13.1. The zero-order valence-corrected chi connectivity index (χ0v) is 47.6. The molecule has 0 saturated carbocycles. The van der Waals surface area contributed by atoms with Crippen LogP contribution in [0.4, 0.5) is 0 Å². The predicted octanol–water partition coefficient (Wildman–Crippen LogP) is 19.4. The van der Waals surface area contributed by atoms with Crippen molar-refractivity contribution in [3.05, 3.63) is 197 Å². The monoisotopic (exact) mass is 1150 g/mol. The van der Waals surface area contributed by atoms with E-state index >= 15 is 0 Å². The van der Waals surface area contributed by atoms with Gasteiger partial charge in [-0.2, -0.15) is 0 Å². The molecule has 0 atom stereocenters. The van der Waals surface area contributed by atoms with Crippen molar-refractivity contribution in [3.63, 3.8) is 0 Å². The predicted molar refractivity (Wildman–Crippen MR) is 311 cm³/mol. The Labute approximate surface area is 456 Å². The molecule has 11 aromatic rings. The topological polar surface area (TPSA) is 43.9 Å². The zero-order valence-electron chi connectivity index (χ0n) is 48.2. The molecule has 8 aromatic carbocycles. The fourth-order valence-electron chi connectivity index (χ4n) is 10.2. The van der Waals surface area contributed by atoms with Crippen molar-refractivity contribution in [2.45, 2.75) is 125 Å². The van der Waals surface area contributed by atoms with Crippen LogP contribution in [0.2, 0.25) is 0 Å². The van der Waals surface area contributed by atoms with Crippen molar-refractivity contribution in [2.24, 2.45) is 0 Å². The number of pyridine rings is 1. The van der Waals surface area contributed by atoms with Gasteiger partial charge in [-0.1, -0.05) is 174 Å². The third kappa shape index (κ3) is 9.90. The number of aryl methyl sites for hydroxylation is 1. The van der Waals surface area contributed by atoms with Gasteiger partial charge in [-0.3, -0.25) is 4.98 Å². The SMILES string of the molecule is CC(C)(C)c1ccnc(-c2[c-]cccc2)c1.[2H]C([2H])([2H])c1cccc2nc(-c3[c-]ccc4c3oc3cc5c(ccc6ccccc65)cc34)n(-c3c(C(C)C)cc(-c4cc(C(C)(C)C)cc(C(C)(C)C)c4)cc3C(C)C)c12.[Ir]. The maximum Gasteiger partial charge on any atom is 0.121 e. The van der Waals surface area contributed by atoms with E-state index in [1.54, 1.807) is 12.1 Å². The summed E-state index contributed by atoms with van der Waals surface area (Å²) in [6, 6.07) is 57.2. The van der Waals surface area contributed by atoms with E-state index in [0.717, 1.165) is 60.8 Å². The minimum atomic E-state index is -2.39. The molecule has 0 unspecified atom stereocenters. The number of furan rings is 1. The van der Waals surface area contributed by atoms with Gasteiger partial charge >= 0.3 is 0 Å². The molecule has 1 radical (unpaired) electrons. The van der Waals surface area contributed by atoms with Crippen LogP contribution >= 0.6 is 0 Å². The van der Waals surface area contributed by atoms with Crippen molar-refractivity contribution in [1.82, 2.24) is 14.5 Å². The van der Waals surface area contributed by atoms with Crippen LogP contribution in [0.25, 0.3) is 94.0 Å². The van der Waals surface area contributed by atoms with Crippen molar-refractivity contribution in [2.75, 3.05) is 0 Å². The fourth-order valence-corrected chi connectivity index (χ4v) is 10.2. The van der Waals surface area contributed by atoms with E-state index in [-0.39, 0.29) is 53.7 Å². The Morgan fingerprint density at radius 2 is 1.23 bits per heavy atom. The Hall–Kier alpha value is -6.65. The molecule has 3 heterocycles. The summed E-state index contributed by atoms with van der Waals surface area (Å²) in [7, 11) is 0. The fraction of sp³-hybridized carbons (Fsp3) is 0.275. The summed E-state index contributed by atoms with van der Waals surface area (Å²) in [6.45, 7) is 26.8. The molecular weight excluding hydrogens is 1080 g/mol. The molecule has 0 fully saturated rings. The third-order valence-electron chi connectivity index (χ3n) is 14.4. The average Bonchev–Trinajstić information content (AvgIpc) is 4.14.